The normalized spacial score (nSPS) is 10.5. The van der Waals surface area contributed by atoms with Crippen LogP contribution in [-0.2, 0) is 17.9 Å². The van der Waals surface area contributed by atoms with Crippen LogP contribution in [0.2, 0.25) is 0 Å². The molecule has 0 radical (unpaired) electrons. The lowest BCUT2D eigenvalue weighted by molar-refractivity contribution is -0.117. The number of rotatable bonds is 7. The highest BCUT2D eigenvalue weighted by Gasteiger charge is 2.15. The third-order valence-electron chi connectivity index (χ3n) is 4.87. The molecular weight excluding hydrogens is 404 g/mol. The van der Waals surface area contributed by atoms with E-state index >= 15 is 0 Å². The van der Waals surface area contributed by atoms with Crippen molar-refractivity contribution in [3.8, 4) is 11.4 Å². The Labute approximate surface area is 185 Å². The van der Waals surface area contributed by atoms with E-state index in [-0.39, 0.29) is 18.4 Å². The van der Waals surface area contributed by atoms with Crippen LogP contribution in [0.25, 0.3) is 11.4 Å². The Balaban J connectivity index is 1.41. The molecule has 0 aliphatic rings. The molecule has 0 bridgehead atoms. The number of anilines is 1. The first-order chi connectivity index (χ1) is 15.6. The molecular formula is C24H22N6O2. The number of amides is 2. The van der Waals surface area contributed by atoms with E-state index in [1.165, 1.54) is 4.80 Å². The molecule has 0 aliphatic carbocycles. The van der Waals surface area contributed by atoms with Gasteiger partial charge in [0.1, 0.15) is 6.54 Å². The predicted molar refractivity (Wildman–Crippen MR) is 121 cm³/mol. The zero-order chi connectivity index (χ0) is 22.3. The van der Waals surface area contributed by atoms with Gasteiger partial charge in [-0.15, -0.1) is 10.2 Å². The highest BCUT2D eigenvalue weighted by molar-refractivity contribution is 6.03. The maximum Gasteiger partial charge on any atom is 0.253 e. The summed E-state index contributed by atoms with van der Waals surface area (Å²) >= 11 is 0. The zero-order valence-corrected chi connectivity index (χ0v) is 17.5. The SMILES string of the molecule is Cc1ccccc1-c1nnn(CC(=O)Nc2ccccc2C(=O)NCc2ccccc2)n1. The Morgan fingerprint density at radius 2 is 1.62 bits per heavy atom. The average molecular weight is 426 g/mol. The lowest BCUT2D eigenvalue weighted by Gasteiger charge is -2.11. The number of tetrazole rings is 1. The van der Waals surface area contributed by atoms with Gasteiger partial charge in [0.05, 0.1) is 11.3 Å². The van der Waals surface area contributed by atoms with Crippen LogP contribution >= 0.6 is 0 Å². The summed E-state index contributed by atoms with van der Waals surface area (Å²) in [5, 5.41) is 18.0. The lowest BCUT2D eigenvalue weighted by atomic mass is 10.1. The molecule has 2 N–H and O–H groups in total. The maximum absolute atomic E-state index is 12.7. The van der Waals surface area contributed by atoms with Crippen LogP contribution in [-0.4, -0.2) is 32.0 Å². The predicted octanol–water partition coefficient (Wildman–Crippen LogP) is 3.22. The number of aromatic nitrogens is 4. The van der Waals surface area contributed by atoms with Crippen molar-refractivity contribution in [2.24, 2.45) is 0 Å². The highest BCUT2D eigenvalue weighted by atomic mass is 16.2. The van der Waals surface area contributed by atoms with Gasteiger partial charge in [-0.2, -0.15) is 4.80 Å². The van der Waals surface area contributed by atoms with Gasteiger partial charge < -0.3 is 10.6 Å². The van der Waals surface area contributed by atoms with E-state index in [4.69, 9.17) is 0 Å². The monoisotopic (exact) mass is 426 g/mol. The van der Waals surface area contributed by atoms with Crippen LogP contribution in [0.5, 0.6) is 0 Å². The van der Waals surface area contributed by atoms with Crippen LogP contribution in [0.15, 0.2) is 78.9 Å². The van der Waals surface area contributed by atoms with Gasteiger partial charge in [-0.25, -0.2) is 0 Å². The average Bonchev–Trinajstić information content (AvgIpc) is 3.27. The number of carbonyl (C=O) groups is 2. The van der Waals surface area contributed by atoms with E-state index in [1.807, 2.05) is 61.5 Å². The quantitative estimate of drug-likeness (QED) is 0.472. The van der Waals surface area contributed by atoms with E-state index in [2.05, 4.69) is 26.0 Å². The van der Waals surface area contributed by atoms with Gasteiger partial charge in [-0.3, -0.25) is 9.59 Å². The molecule has 0 fully saturated rings. The zero-order valence-electron chi connectivity index (χ0n) is 17.5. The topological polar surface area (TPSA) is 102 Å². The fraction of sp³-hybridized carbons (Fsp3) is 0.125. The summed E-state index contributed by atoms with van der Waals surface area (Å²) in [6, 6.07) is 24.2. The molecule has 2 amide bonds. The first-order valence-electron chi connectivity index (χ1n) is 10.1. The van der Waals surface area contributed by atoms with Crippen molar-refractivity contribution in [2.45, 2.75) is 20.0 Å². The van der Waals surface area contributed by atoms with Gasteiger partial charge in [-0.05, 0) is 35.4 Å². The van der Waals surface area contributed by atoms with Crippen molar-refractivity contribution in [1.82, 2.24) is 25.5 Å². The van der Waals surface area contributed by atoms with Crippen LogP contribution < -0.4 is 10.6 Å². The number of carbonyl (C=O) groups excluding carboxylic acids is 2. The number of benzene rings is 3. The second kappa shape index (κ2) is 9.65. The summed E-state index contributed by atoms with van der Waals surface area (Å²) in [6.07, 6.45) is 0. The maximum atomic E-state index is 12.7. The van der Waals surface area contributed by atoms with E-state index in [1.54, 1.807) is 24.3 Å². The fourth-order valence-corrected chi connectivity index (χ4v) is 3.22. The van der Waals surface area contributed by atoms with E-state index in [0.29, 0.717) is 23.6 Å². The molecule has 3 aromatic carbocycles. The minimum Gasteiger partial charge on any atom is -0.348 e. The Hall–Kier alpha value is -4.33. The summed E-state index contributed by atoms with van der Waals surface area (Å²) in [4.78, 5) is 26.5. The van der Waals surface area contributed by atoms with Crippen molar-refractivity contribution in [3.05, 3.63) is 95.6 Å². The van der Waals surface area contributed by atoms with Crippen LogP contribution in [0, 0.1) is 6.92 Å². The van der Waals surface area contributed by atoms with Gasteiger partial charge >= 0.3 is 0 Å². The summed E-state index contributed by atoms with van der Waals surface area (Å²) in [7, 11) is 0. The molecule has 32 heavy (non-hydrogen) atoms. The van der Waals surface area contributed by atoms with Gasteiger partial charge in [0, 0.05) is 12.1 Å². The van der Waals surface area contributed by atoms with Crippen molar-refractivity contribution in [3.63, 3.8) is 0 Å². The standard InChI is InChI=1S/C24H22N6O2/c1-17-9-5-6-12-19(17)23-27-29-30(28-23)16-22(31)26-21-14-8-7-13-20(21)24(32)25-15-18-10-3-2-4-11-18/h2-14H,15-16H2,1H3,(H,25,32)(H,26,31). The Bertz CT molecular complexity index is 1240. The molecule has 0 unspecified atom stereocenters. The number of nitrogens with zero attached hydrogens (tertiary/aromatic N) is 4. The molecule has 4 aromatic rings. The number of aryl methyl sites for hydroxylation is 1. The fourth-order valence-electron chi connectivity index (χ4n) is 3.22. The molecule has 8 nitrogen and oxygen atoms in total. The second-order valence-electron chi connectivity index (χ2n) is 7.22. The Kier molecular flexibility index (Phi) is 6.31. The molecule has 1 heterocycles. The first-order valence-corrected chi connectivity index (χ1v) is 10.1. The largest absolute Gasteiger partial charge is 0.348 e. The van der Waals surface area contributed by atoms with E-state index in [9.17, 15) is 9.59 Å². The first kappa shape index (κ1) is 20.9. The van der Waals surface area contributed by atoms with E-state index in [0.717, 1.165) is 16.7 Å². The van der Waals surface area contributed by atoms with Crippen molar-refractivity contribution in [1.29, 1.82) is 0 Å². The van der Waals surface area contributed by atoms with Crippen LogP contribution in [0.1, 0.15) is 21.5 Å². The van der Waals surface area contributed by atoms with Crippen LogP contribution in [0.3, 0.4) is 0 Å². The van der Waals surface area contributed by atoms with Gasteiger partial charge in [-0.1, -0.05) is 66.7 Å². The van der Waals surface area contributed by atoms with Crippen molar-refractivity contribution < 1.29 is 9.59 Å². The highest BCUT2D eigenvalue weighted by Crippen LogP contribution is 2.18. The van der Waals surface area contributed by atoms with Gasteiger partial charge in [0.15, 0.2) is 0 Å². The minimum absolute atomic E-state index is 0.126. The van der Waals surface area contributed by atoms with Gasteiger partial charge in [0.25, 0.3) is 5.91 Å². The number of hydrogen-bond donors (Lipinski definition) is 2. The summed E-state index contributed by atoms with van der Waals surface area (Å²) in [6.45, 7) is 2.23. The molecule has 0 atom stereocenters. The third kappa shape index (κ3) is 5.04. The number of para-hydroxylation sites is 1. The molecule has 160 valence electrons. The third-order valence-corrected chi connectivity index (χ3v) is 4.87. The van der Waals surface area contributed by atoms with E-state index < -0.39 is 0 Å². The molecule has 0 aliphatic heterocycles. The summed E-state index contributed by atoms with van der Waals surface area (Å²) in [5.41, 5.74) is 3.67. The molecule has 4 rings (SSSR count). The van der Waals surface area contributed by atoms with Gasteiger partial charge in [0.2, 0.25) is 11.7 Å². The summed E-state index contributed by atoms with van der Waals surface area (Å²) in [5.74, 6) is -0.177. The number of nitrogens with one attached hydrogen (secondary N) is 2. The Morgan fingerprint density at radius 3 is 2.44 bits per heavy atom. The second-order valence-corrected chi connectivity index (χ2v) is 7.22. The lowest BCUT2D eigenvalue weighted by Crippen LogP contribution is -2.26. The molecule has 1 aromatic heterocycles. The molecule has 0 saturated heterocycles. The Morgan fingerprint density at radius 1 is 0.906 bits per heavy atom. The molecule has 0 saturated carbocycles. The van der Waals surface area contributed by atoms with Crippen LogP contribution in [0.4, 0.5) is 5.69 Å². The number of hydrogen-bond acceptors (Lipinski definition) is 5. The molecule has 8 heteroatoms. The minimum atomic E-state index is -0.359. The molecule has 0 spiro atoms. The summed E-state index contributed by atoms with van der Waals surface area (Å²) < 4.78 is 0. The van der Waals surface area contributed by atoms with Crippen molar-refractivity contribution >= 4 is 17.5 Å². The van der Waals surface area contributed by atoms with Crippen molar-refractivity contribution in [2.75, 3.05) is 5.32 Å². The smallest absolute Gasteiger partial charge is 0.253 e.